The summed E-state index contributed by atoms with van der Waals surface area (Å²) in [7, 11) is 0. The number of ether oxygens (including phenoxy) is 2. The van der Waals surface area contributed by atoms with Crippen LogP contribution in [-0.2, 0) is 41.7 Å². The smallest absolute Gasteiger partial charge is 0.410 e. The lowest BCUT2D eigenvalue weighted by molar-refractivity contribution is -0.142. The highest BCUT2D eigenvalue weighted by molar-refractivity contribution is 6.08. The van der Waals surface area contributed by atoms with Crippen LogP contribution in [-0.4, -0.2) is 82.0 Å². The van der Waals surface area contributed by atoms with Crippen molar-refractivity contribution in [3.05, 3.63) is 102 Å². The molecule has 6 N–H and O–H groups in total. The van der Waals surface area contributed by atoms with Crippen LogP contribution in [0.15, 0.2) is 84.9 Å². The van der Waals surface area contributed by atoms with Gasteiger partial charge in [0.15, 0.2) is 6.04 Å². The van der Waals surface area contributed by atoms with Crippen LogP contribution in [0.2, 0.25) is 0 Å². The third-order valence-corrected chi connectivity index (χ3v) is 9.35. The Morgan fingerprint density at radius 1 is 0.741 bits per heavy atom. The van der Waals surface area contributed by atoms with Gasteiger partial charge in [-0.15, -0.1) is 0 Å². The molecule has 6 amide bonds. The molecule has 15 heteroatoms. The molecule has 1 fully saturated rings. The fourth-order valence-corrected chi connectivity index (χ4v) is 6.41. The maximum Gasteiger partial charge on any atom is 0.410 e. The summed E-state index contributed by atoms with van der Waals surface area (Å²) in [6.45, 7) is 11.2. The number of benzene rings is 3. The molecule has 5 atom stereocenters. The normalized spacial score (nSPS) is 15.9. The summed E-state index contributed by atoms with van der Waals surface area (Å²) >= 11 is 0. The molecule has 58 heavy (non-hydrogen) atoms. The molecule has 0 aromatic heterocycles. The molecule has 312 valence electrons. The van der Waals surface area contributed by atoms with E-state index in [9.17, 15) is 34.0 Å². The molecule has 0 saturated carbocycles. The van der Waals surface area contributed by atoms with Crippen molar-refractivity contribution in [3.63, 3.8) is 0 Å². The lowest BCUT2D eigenvalue weighted by Crippen LogP contribution is -2.62. The van der Waals surface area contributed by atoms with Crippen LogP contribution in [0.1, 0.15) is 83.5 Å². The second kappa shape index (κ2) is 21.0. The summed E-state index contributed by atoms with van der Waals surface area (Å²) in [5.74, 6) is -3.96. The Labute approximate surface area is 339 Å². The molecule has 15 nitrogen and oxygen atoms in total. The first kappa shape index (κ1) is 44.8. The van der Waals surface area contributed by atoms with E-state index in [0.29, 0.717) is 30.8 Å². The van der Waals surface area contributed by atoms with Crippen molar-refractivity contribution < 1.29 is 43.4 Å². The lowest BCUT2D eigenvalue weighted by Gasteiger charge is -2.29. The van der Waals surface area contributed by atoms with Gasteiger partial charge >= 0.3 is 6.09 Å². The highest BCUT2D eigenvalue weighted by Gasteiger charge is 2.39. The Balaban J connectivity index is 1.51. The first-order valence-electron chi connectivity index (χ1n) is 19.5. The van der Waals surface area contributed by atoms with E-state index in [1.165, 1.54) is 10.4 Å². The van der Waals surface area contributed by atoms with Crippen molar-refractivity contribution in [2.75, 3.05) is 6.54 Å². The van der Waals surface area contributed by atoms with Crippen molar-refractivity contribution in [3.8, 4) is 5.75 Å². The zero-order chi connectivity index (χ0) is 42.4. The number of carbonyl (C=O) groups excluding carboxylic acids is 6. The number of nitrogens with one attached hydrogen (secondary N) is 5. The standard InChI is InChI=1S/C43H56N6O9/c1-27(2)24-33(45-39(52)35-18-13-23-49(35)42(55)58-43(4,5)6)38(51)47-36(41(54)48-56)40(53)46-34(37(50)44-28(3)31-16-11-8-12-17-31)25-29-19-21-32(22-20-29)57-26-30-14-9-7-10-15-30/h7-12,14-17,19-22,27-28,33-36,56H,13,18,23-26H2,1-6H3,(H,44,50)(H,45,52)(H,46,53)(H,47,51)(H,48,54)/t28-,33-,34-,35-,36?/m0/s1. The molecular weight excluding hydrogens is 745 g/mol. The molecule has 1 heterocycles. The van der Waals surface area contributed by atoms with Gasteiger partial charge in [0, 0.05) is 13.0 Å². The molecule has 1 aliphatic heterocycles. The first-order chi connectivity index (χ1) is 27.5. The Morgan fingerprint density at radius 3 is 1.97 bits per heavy atom. The van der Waals surface area contributed by atoms with E-state index in [0.717, 1.165) is 11.1 Å². The Kier molecular flexibility index (Phi) is 16.2. The topological polar surface area (TPSA) is 204 Å². The van der Waals surface area contributed by atoms with Crippen LogP contribution < -0.4 is 31.5 Å². The van der Waals surface area contributed by atoms with Crippen LogP contribution >= 0.6 is 0 Å². The highest BCUT2D eigenvalue weighted by atomic mass is 16.6. The minimum absolute atomic E-state index is 0.0129. The molecule has 0 aliphatic carbocycles. The van der Waals surface area contributed by atoms with Crippen LogP contribution in [0.5, 0.6) is 5.75 Å². The van der Waals surface area contributed by atoms with E-state index in [-0.39, 0.29) is 25.3 Å². The number of carbonyl (C=O) groups is 6. The molecular formula is C43H56N6O9. The second-order valence-electron chi connectivity index (χ2n) is 15.8. The molecule has 0 spiro atoms. The van der Waals surface area contributed by atoms with Gasteiger partial charge in [-0.3, -0.25) is 34.1 Å². The zero-order valence-electron chi connectivity index (χ0n) is 34.0. The average molecular weight is 801 g/mol. The van der Waals surface area contributed by atoms with E-state index < -0.39 is 71.4 Å². The second-order valence-corrected chi connectivity index (χ2v) is 15.8. The lowest BCUT2D eigenvalue weighted by atomic mass is 10.0. The number of nitrogens with zero attached hydrogens (tertiary/aromatic N) is 1. The van der Waals surface area contributed by atoms with E-state index >= 15 is 0 Å². The summed E-state index contributed by atoms with van der Waals surface area (Å²) in [5.41, 5.74) is 3.09. The SMILES string of the molecule is CC(C)C[C@H](NC(=O)[C@@H]1CCCN1C(=O)OC(C)(C)C)C(=O)NC(C(=O)NO)C(=O)N[C@@H](Cc1ccc(OCc2ccccc2)cc1)C(=O)N[C@@H](C)c1ccccc1. The molecule has 3 aromatic carbocycles. The summed E-state index contributed by atoms with van der Waals surface area (Å²) in [5, 5.41) is 20.2. The van der Waals surface area contributed by atoms with Crippen LogP contribution in [0.3, 0.4) is 0 Å². The molecule has 0 radical (unpaired) electrons. The van der Waals surface area contributed by atoms with Crippen molar-refractivity contribution in [1.82, 2.24) is 31.6 Å². The van der Waals surface area contributed by atoms with Gasteiger partial charge in [0.1, 0.15) is 36.1 Å². The number of amides is 6. The van der Waals surface area contributed by atoms with Gasteiger partial charge in [0.2, 0.25) is 17.7 Å². The molecule has 0 bridgehead atoms. The predicted octanol–water partition coefficient (Wildman–Crippen LogP) is 4.09. The Bertz CT molecular complexity index is 1850. The van der Waals surface area contributed by atoms with E-state index in [1.807, 2.05) is 74.5 Å². The number of likely N-dealkylation sites (tertiary alicyclic amines) is 1. The van der Waals surface area contributed by atoms with Gasteiger partial charge in [-0.1, -0.05) is 86.6 Å². The Hall–Kier alpha value is -5.96. The molecule has 4 rings (SSSR count). The van der Waals surface area contributed by atoms with E-state index in [1.54, 1.807) is 52.0 Å². The van der Waals surface area contributed by atoms with Gasteiger partial charge in [0.05, 0.1) is 6.04 Å². The minimum atomic E-state index is -2.01. The summed E-state index contributed by atoms with van der Waals surface area (Å²) in [6, 6.07) is 20.0. The van der Waals surface area contributed by atoms with Crippen molar-refractivity contribution in [2.24, 2.45) is 5.92 Å². The minimum Gasteiger partial charge on any atom is -0.489 e. The van der Waals surface area contributed by atoms with Crippen LogP contribution in [0.25, 0.3) is 0 Å². The number of hydrogen-bond donors (Lipinski definition) is 6. The van der Waals surface area contributed by atoms with Crippen molar-refractivity contribution in [2.45, 2.75) is 110 Å². The third-order valence-electron chi connectivity index (χ3n) is 9.35. The zero-order valence-corrected chi connectivity index (χ0v) is 34.0. The molecule has 1 unspecified atom stereocenters. The highest BCUT2D eigenvalue weighted by Crippen LogP contribution is 2.22. The van der Waals surface area contributed by atoms with Crippen LogP contribution in [0.4, 0.5) is 4.79 Å². The van der Waals surface area contributed by atoms with Crippen molar-refractivity contribution >= 4 is 35.6 Å². The first-order valence-corrected chi connectivity index (χ1v) is 19.5. The average Bonchev–Trinajstić information content (AvgIpc) is 3.69. The summed E-state index contributed by atoms with van der Waals surface area (Å²) < 4.78 is 11.4. The fraction of sp³-hybridized carbons (Fsp3) is 0.442. The monoisotopic (exact) mass is 800 g/mol. The molecule has 3 aromatic rings. The Morgan fingerprint density at radius 2 is 1.36 bits per heavy atom. The summed E-state index contributed by atoms with van der Waals surface area (Å²) in [4.78, 5) is 82.2. The number of hydrogen-bond acceptors (Lipinski definition) is 9. The molecule has 1 aliphatic rings. The van der Waals surface area contributed by atoms with Gasteiger partial charge in [0.25, 0.3) is 11.8 Å². The molecule has 1 saturated heterocycles. The number of rotatable bonds is 17. The van der Waals surface area contributed by atoms with Gasteiger partial charge in [-0.05, 0) is 81.7 Å². The number of hydroxylamine groups is 1. The van der Waals surface area contributed by atoms with Crippen molar-refractivity contribution in [1.29, 1.82) is 0 Å². The summed E-state index contributed by atoms with van der Waals surface area (Å²) in [6.07, 6.45) is 0.327. The van der Waals surface area contributed by atoms with E-state index in [2.05, 4.69) is 21.3 Å². The third kappa shape index (κ3) is 13.6. The quantitative estimate of drug-likeness (QED) is 0.0660. The maximum atomic E-state index is 13.9. The van der Waals surface area contributed by atoms with Gasteiger partial charge in [-0.25, -0.2) is 10.3 Å². The van der Waals surface area contributed by atoms with Crippen LogP contribution in [0, 0.1) is 5.92 Å². The predicted molar refractivity (Wildman–Crippen MR) is 215 cm³/mol. The van der Waals surface area contributed by atoms with Gasteiger partial charge < -0.3 is 30.7 Å². The van der Waals surface area contributed by atoms with E-state index in [4.69, 9.17) is 9.47 Å². The maximum absolute atomic E-state index is 13.9. The largest absolute Gasteiger partial charge is 0.489 e. The fourth-order valence-electron chi connectivity index (χ4n) is 6.41. The van der Waals surface area contributed by atoms with Gasteiger partial charge in [-0.2, -0.15) is 0 Å².